The van der Waals surface area contributed by atoms with E-state index in [1.807, 2.05) is 21.4 Å². The molecule has 6 nitrogen and oxygen atoms in total. The average molecular weight is 365 g/mol. The van der Waals surface area contributed by atoms with Crippen molar-refractivity contribution in [3.63, 3.8) is 0 Å². The molecule has 0 saturated carbocycles. The molecule has 3 aromatic rings. The van der Waals surface area contributed by atoms with E-state index in [4.69, 9.17) is 5.10 Å². The lowest BCUT2D eigenvalue weighted by molar-refractivity contribution is 0.0693. The van der Waals surface area contributed by atoms with Crippen molar-refractivity contribution >= 4 is 16.9 Å². The molecule has 0 aliphatic carbocycles. The summed E-state index contributed by atoms with van der Waals surface area (Å²) < 4.78 is 3.94. The largest absolute Gasteiger partial charge is 0.477 e. The molecule has 1 unspecified atom stereocenters. The standard InChI is InChI=1S/C21H23N3O3/c1-5-12-7-6-8-13-18(12)22-24-11-17(21(2,3)4)23-10-14(20(26)27)16(25)9-15(23)19(13)24/h6-10,17H,5,11H2,1-4H3,(H,26,27). The third-order valence-electron chi connectivity index (χ3n) is 5.47. The maximum atomic E-state index is 12.5. The van der Waals surface area contributed by atoms with Crippen LogP contribution in [0.25, 0.3) is 22.3 Å². The molecule has 1 atom stereocenters. The van der Waals surface area contributed by atoms with Gasteiger partial charge >= 0.3 is 5.97 Å². The number of benzene rings is 1. The lowest BCUT2D eigenvalue weighted by Gasteiger charge is -2.38. The molecule has 0 fully saturated rings. The number of nitrogens with zero attached hydrogens (tertiary/aromatic N) is 3. The minimum absolute atomic E-state index is 0.0157. The molecule has 1 aliphatic rings. The zero-order valence-electron chi connectivity index (χ0n) is 16.0. The van der Waals surface area contributed by atoms with E-state index in [0.717, 1.165) is 34.3 Å². The van der Waals surface area contributed by atoms with Gasteiger partial charge in [-0.2, -0.15) is 5.10 Å². The van der Waals surface area contributed by atoms with E-state index in [1.165, 1.54) is 12.3 Å². The molecular formula is C21H23N3O3. The van der Waals surface area contributed by atoms with Crippen LogP contribution in [0.4, 0.5) is 0 Å². The van der Waals surface area contributed by atoms with E-state index in [9.17, 15) is 14.7 Å². The van der Waals surface area contributed by atoms with Crippen molar-refractivity contribution in [1.82, 2.24) is 14.3 Å². The molecule has 0 spiro atoms. The minimum atomic E-state index is -1.19. The van der Waals surface area contributed by atoms with Crippen LogP contribution < -0.4 is 5.43 Å². The summed E-state index contributed by atoms with van der Waals surface area (Å²) in [5.74, 6) is -1.19. The summed E-state index contributed by atoms with van der Waals surface area (Å²) in [4.78, 5) is 24.0. The maximum absolute atomic E-state index is 12.5. The zero-order valence-corrected chi connectivity index (χ0v) is 16.0. The van der Waals surface area contributed by atoms with Crippen LogP contribution >= 0.6 is 0 Å². The first-order chi connectivity index (χ1) is 12.7. The zero-order chi connectivity index (χ0) is 19.5. The van der Waals surface area contributed by atoms with Gasteiger partial charge in [0.15, 0.2) is 5.43 Å². The third-order valence-corrected chi connectivity index (χ3v) is 5.47. The highest BCUT2D eigenvalue weighted by Crippen LogP contribution is 2.42. The van der Waals surface area contributed by atoms with Gasteiger partial charge in [-0.1, -0.05) is 45.9 Å². The molecule has 6 heteroatoms. The Morgan fingerprint density at radius 3 is 2.70 bits per heavy atom. The van der Waals surface area contributed by atoms with Crippen LogP contribution in [0.5, 0.6) is 0 Å². The molecule has 0 bridgehead atoms. The van der Waals surface area contributed by atoms with Crippen molar-refractivity contribution in [2.45, 2.75) is 46.7 Å². The Bertz CT molecular complexity index is 1130. The number of carboxylic acid groups (broad SMARTS) is 1. The van der Waals surface area contributed by atoms with Crippen molar-refractivity contribution in [2.75, 3.05) is 0 Å². The summed E-state index contributed by atoms with van der Waals surface area (Å²) in [5, 5.41) is 15.3. The number of carboxylic acids is 1. The lowest BCUT2D eigenvalue weighted by atomic mass is 9.85. The van der Waals surface area contributed by atoms with E-state index >= 15 is 0 Å². The second-order valence-corrected chi connectivity index (χ2v) is 8.23. The first kappa shape index (κ1) is 17.5. The third kappa shape index (κ3) is 2.59. The molecule has 0 saturated heterocycles. The molecule has 1 aliphatic heterocycles. The van der Waals surface area contributed by atoms with Gasteiger partial charge in [0, 0.05) is 17.6 Å². The Morgan fingerprint density at radius 2 is 2.07 bits per heavy atom. The highest BCUT2D eigenvalue weighted by Gasteiger charge is 2.35. The van der Waals surface area contributed by atoms with Crippen molar-refractivity contribution in [3.05, 3.63) is 51.8 Å². The smallest absolute Gasteiger partial charge is 0.341 e. The normalized spacial score (nSPS) is 16.2. The molecule has 1 N–H and O–H groups in total. The number of hydrogen-bond acceptors (Lipinski definition) is 3. The first-order valence-corrected chi connectivity index (χ1v) is 9.20. The summed E-state index contributed by atoms with van der Waals surface area (Å²) >= 11 is 0. The Balaban J connectivity index is 2.09. The fourth-order valence-corrected chi connectivity index (χ4v) is 4.00. The fraction of sp³-hybridized carbons (Fsp3) is 0.381. The van der Waals surface area contributed by atoms with Gasteiger partial charge in [-0.15, -0.1) is 0 Å². The highest BCUT2D eigenvalue weighted by atomic mass is 16.4. The fourth-order valence-electron chi connectivity index (χ4n) is 4.00. The maximum Gasteiger partial charge on any atom is 0.341 e. The number of pyridine rings is 1. The second kappa shape index (κ2) is 5.81. The summed E-state index contributed by atoms with van der Waals surface area (Å²) in [6.07, 6.45) is 2.38. The molecule has 140 valence electrons. The molecule has 0 amide bonds. The molecule has 1 aromatic carbocycles. The highest BCUT2D eigenvalue weighted by molar-refractivity contribution is 5.95. The van der Waals surface area contributed by atoms with Crippen LogP contribution in [0, 0.1) is 5.41 Å². The van der Waals surface area contributed by atoms with E-state index in [-0.39, 0.29) is 17.0 Å². The predicted octanol–water partition coefficient (Wildman–Crippen LogP) is 3.73. The van der Waals surface area contributed by atoms with Gasteiger partial charge < -0.3 is 9.67 Å². The van der Waals surface area contributed by atoms with E-state index in [0.29, 0.717) is 6.54 Å². The van der Waals surface area contributed by atoms with Gasteiger partial charge in [-0.3, -0.25) is 9.48 Å². The minimum Gasteiger partial charge on any atom is -0.477 e. The van der Waals surface area contributed by atoms with Crippen LogP contribution in [-0.2, 0) is 13.0 Å². The van der Waals surface area contributed by atoms with Crippen molar-refractivity contribution < 1.29 is 9.90 Å². The molecular weight excluding hydrogens is 342 g/mol. The Labute approximate surface area is 157 Å². The number of carbonyl (C=O) groups is 1. The molecule has 4 rings (SSSR count). The van der Waals surface area contributed by atoms with Gasteiger partial charge in [-0.05, 0) is 17.4 Å². The van der Waals surface area contributed by atoms with Gasteiger partial charge in [-0.25, -0.2) is 4.79 Å². The lowest BCUT2D eigenvalue weighted by Crippen LogP contribution is -2.35. The summed E-state index contributed by atoms with van der Waals surface area (Å²) in [6, 6.07) is 7.53. The van der Waals surface area contributed by atoms with E-state index < -0.39 is 11.4 Å². The van der Waals surface area contributed by atoms with E-state index in [2.05, 4.69) is 33.8 Å². The van der Waals surface area contributed by atoms with Crippen molar-refractivity contribution in [2.24, 2.45) is 5.41 Å². The van der Waals surface area contributed by atoms with E-state index in [1.54, 1.807) is 0 Å². The number of aryl methyl sites for hydroxylation is 1. The Hall–Kier alpha value is -2.89. The van der Waals surface area contributed by atoms with Gasteiger partial charge in [0.2, 0.25) is 0 Å². The summed E-state index contributed by atoms with van der Waals surface area (Å²) in [5.41, 5.74) is 2.92. The van der Waals surface area contributed by atoms with Gasteiger partial charge in [0.1, 0.15) is 5.56 Å². The number of hydrogen-bond donors (Lipinski definition) is 1. The quantitative estimate of drug-likeness (QED) is 0.751. The second-order valence-electron chi connectivity index (χ2n) is 8.23. The monoisotopic (exact) mass is 365 g/mol. The van der Waals surface area contributed by atoms with Crippen LogP contribution in [0.15, 0.2) is 35.3 Å². The predicted molar refractivity (Wildman–Crippen MR) is 104 cm³/mol. The van der Waals surface area contributed by atoms with Crippen LogP contribution in [0.1, 0.15) is 49.7 Å². The van der Waals surface area contributed by atoms with Gasteiger partial charge in [0.25, 0.3) is 0 Å². The molecule has 3 heterocycles. The van der Waals surface area contributed by atoms with Crippen LogP contribution in [-0.4, -0.2) is 25.4 Å². The summed E-state index contributed by atoms with van der Waals surface area (Å²) in [6.45, 7) is 9.08. The topological polar surface area (TPSA) is 77.1 Å². The molecule has 27 heavy (non-hydrogen) atoms. The number of rotatable bonds is 2. The number of aromatic nitrogens is 3. The number of fused-ring (bicyclic) bond motifs is 5. The van der Waals surface area contributed by atoms with Crippen LogP contribution in [0.3, 0.4) is 0 Å². The SMILES string of the molecule is CCc1cccc2c3n(nc12)CC(C(C)(C)C)n1cc(C(=O)O)c(=O)cc1-3. The average Bonchev–Trinajstić information content (AvgIpc) is 2.98. The van der Waals surface area contributed by atoms with Gasteiger partial charge in [0.05, 0.1) is 29.5 Å². The molecule has 2 aromatic heterocycles. The molecule has 0 radical (unpaired) electrons. The Kier molecular flexibility index (Phi) is 3.77. The first-order valence-electron chi connectivity index (χ1n) is 9.20. The number of aromatic carboxylic acids is 1. The summed E-state index contributed by atoms with van der Waals surface area (Å²) in [7, 11) is 0. The van der Waals surface area contributed by atoms with Crippen molar-refractivity contribution in [1.29, 1.82) is 0 Å². The van der Waals surface area contributed by atoms with Crippen molar-refractivity contribution in [3.8, 4) is 11.4 Å². The van der Waals surface area contributed by atoms with Crippen LogP contribution in [0.2, 0.25) is 0 Å². The Morgan fingerprint density at radius 1 is 1.33 bits per heavy atom.